The van der Waals surface area contributed by atoms with E-state index in [1.54, 1.807) is 37.4 Å². The fourth-order valence-corrected chi connectivity index (χ4v) is 3.73. The summed E-state index contributed by atoms with van der Waals surface area (Å²) in [5, 5.41) is 3.26. The Labute approximate surface area is 192 Å². The van der Waals surface area contributed by atoms with Gasteiger partial charge >= 0.3 is 0 Å². The Morgan fingerprint density at radius 3 is 2.39 bits per heavy atom. The number of aromatic nitrogens is 2. The van der Waals surface area contributed by atoms with E-state index >= 15 is 0 Å². The van der Waals surface area contributed by atoms with E-state index in [0.29, 0.717) is 11.4 Å². The number of carbonyl (C=O) groups is 3. The third kappa shape index (κ3) is 4.99. The van der Waals surface area contributed by atoms with Crippen molar-refractivity contribution in [3.8, 4) is 5.82 Å². The number of carbonyl (C=O) groups excluding carboxylic acids is 3. The van der Waals surface area contributed by atoms with E-state index in [1.807, 2.05) is 0 Å². The number of hydrogen-bond acceptors (Lipinski definition) is 4. The average Bonchev–Trinajstić information content (AvgIpc) is 3.02. The molecule has 0 radical (unpaired) electrons. The summed E-state index contributed by atoms with van der Waals surface area (Å²) >= 11 is 18.6. The molecule has 2 heterocycles. The van der Waals surface area contributed by atoms with E-state index < -0.39 is 17.7 Å². The van der Waals surface area contributed by atoms with Crippen LogP contribution in [-0.4, -0.2) is 27.3 Å². The molecule has 0 fully saturated rings. The maximum atomic E-state index is 13.2. The first-order valence-electron chi connectivity index (χ1n) is 8.85. The van der Waals surface area contributed by atoms with Gasteiger partial charge in [0.15, 0.2) is 0 Å². The van der Waals surface area contributed by atoms with Gasteiger partial charge < -0.3 is 5.32 Å². The maximum Gasteiger partial charge on any atom is 0.274 e. The number of nitrogens with zero attached hydrogens (tertiary/aromatic N) is 2. The van der Waals surface area contributed by atoms with Gasteiger partial charge in [-0.3, -0.25) is 29.8 Å². The van der Waals surface area contributed by atoms with Crippen molar-refractivity contribution < 1.29 is 14.4 Å². The van der Waals surface area contributed by atoms with Crippen LogP contribution in [0.4, 0.5) is 5.69 Å². The molecule has 0 saturated carbocycles. The standard InChI is InChI=1S/C20H16Cl3N5O3/c1-10-7-12(21)8-13(19(30)27-26-11(2)29)17(10)25-20(31)18-14(22)9-15(23)28(18)16-5-3-4-6-24-16/h3-9H,1-2H3,(H,25,31)(H,26,29)(H,27,30). The molecule has 8 nitrogen and oxygen atoms in total. The van der Waals surface area contributed by atoms with Crippen molar-refractivity contribution in [2.75, 3.05) is 5.32 Å². The predicted octanol–water partition coefficient (Wildman–Crippen LogP) is 4.17. The van der Waals surface area contributed by atoms with Crippen molar-refractivity contribution in [3.05, 3.63) is 74.6 Å². The van der Waals surface area contributed by atoms with Crippen LogP contribution in [0.5, 0.6) is 0 Å². The van der Waals surface area contributed by atoms with Gasteiger partial charge in [-0.05, 0) is 42.8 Å². The summed E-state index contributed by atoms with van der Waals surface area (Å²) in [5.74, 6) is -1.37. The molecule has 3 amide bonds. The van der Waals surface area contributed by atoms with Gasteiger partial charge in [0.05, 0.1) is 16.3 Å². The van der Waals surface area contributed by atoms with Crippen LogP contribution in [0.1, 0.15) is 33.3 Å². The number of halogens is 3. The van der Waals surface area contributed by atoms with Crippen LogP contribution in [0.3, 0.4) is 0 Å². The monoisotopic (exact) mass is 479 g/mol. The van der Waals surface area contributed by atoms with E-state index in [1.165, 1.54) is 23.6 Å². The summed E-state index contributed by atoms with van der Waals surface area (Å²) in [7, 11) is 0. The van der Waals surface area contributed by atoms with Crippen LogP contribution in [0.2, 0.25) is 15.2 Å². The summed E-state index contributed by atoms with van der Waals surface area (Å²) in [4.78, 5) is 41.1. The lowest BCUT2D eigenvalue weighted by Crippen LogP contribution is -2.40. The molecule has 0 aliphatic heterocycles. The largest absolute Gasteiger partial charge is 0.320 e. The summed E-state index contributed by atoms with van der Waals surface area (Å²) in [5.41, 5.74) is 5.24. The Bertz CT molecular complexity index is 1180. The van der Waals surface area contributed by atoms with Gasteiger partial charge in [0.1, 0.15) is 16.7 Å². The number of benzene rings is 1. The molecule has 0 saturated heterocycles. The SMILES string of the molecule is CC(=O)NNC(=O)c1cc(Cl)cc(C)c1NC(=O)c1c(Cl)cc(Cl)n1-c1ccccn1. The molecular formula is C20H16Cl3N5O3. The van der Waals surface area contributed by atoms with Crippen LogP contribution in [0, 0.1) is 6.92 Å². The van der Waals surface area contributed by atoms with Crippen LogP contribution in [0.25, 0.3) is 5.82 Å². The Balaban J connectivity index is 2.02. The number of rotatable bonds is 4. The van der Waals surface area contributed by atoms with E-state index in [2.05, 4.69) is 21.2 Å². The second-order valence-corrected chi connectivity index (χ2v) is 7.65. The Hall–Kier alpha value is -3.07. The second-order valence-electron chi connectivity index (χ2n) is 6.42. The van der Waals surface area contributed by atoms with E-state index in [9.17, 15) is 14.4 Å². The highest BCUT2D eigenvalue weighted by atomic mass is 35.5. The topological polar surface area (TPSA) is 105 Å². The first-order valence-corrected chi connectivity index (χ1v) is 9.99. The molecule has 3 rings (SSSR count). The van der Waals surface area contributed by atoms with Crippen LogP contribution in [-0.2, 0) is 4.79 Å². The molecule has 0 aliphatic rings. The van der Waals surface area contributed by atoms with Gasteiger partial charge in [-0.15, -0.1) is 0 Å². The lowest BCUT2D eigenvalue weighted by molar-refractivity contribution is -0.119. The van der Waals surface area contributed by atoms with Crippen molar-refractivity contribution in [2.24, 2.45) is 0 Å². The smallest absolute Gasteiger partial charge is 0.274 e. The Morgan fingerprint density at radius 2 is 1.74 bits per heavy atom. The van der Waals surface area contributed by atoms with Gasteiger partial charge in [-0.2, -0.15) is 0 Å². The molecule has 11 heteroatoms. The number of aryl methyl sites for hydroxylation is 1. The number of hydrogen-bond donors (Lipinski definition) is 3. The number of anilines is 1. The van der Waals surface area contributed by atoms with Crippen LogP contribution in [0.15, 0.2) is 42.6 Å². The molecule has 0 bridgehead atoms. The molecule has 0 atom stereocenters. The number of amides is 3. The highest BCUT2D eigenvalue weighted by Crippen LogP contribution is 2.31. The van der Waals surface area contributed by atoms with Gasteiger partial charge in [0.2, 0.25) is 5.91 Å². The second kappa shape index (κ2) is 9.38. The first-order chi connectivity index (χ1) is 14.7. The van der Waals surface area contributed by atoms with Crippen LogP contribution >= 0.6 is 34.8 Å². The van der Waals surface area contributed by atoms with E-state index in [0.717, 1.165) is 0 Å². The summed E-state index contributed by atoms with van der Waals surface area (Å²) < 4.78 is 1.39. The number of hydrazine groups is 1. The van der Waals surface area contributed by atoms with Gasteiger partial charge in [0, 0.05) is 18.1 Å². The maximum absolute atomic E-state index is 13.2. The zero-order valence-electron chi connectivity index (χ0n) is 16.3. The van der Waals surface area contributed by atoms with Crippen molar-refractivity contribution in [1.29, 1.82) is 0 Å². The zero-order chi connectivity index (χ0) is 22.7. The molecule has 0 spiro atoms. The van der Waals surface area contributed by atoms with Crippen LogP contribution < -0.4 is 16.2 Å². The quantitative estimate of drug-likeness (QED) is 0.487. The van der Waals surface area contributed by atoms with Crippen molar-refractivity contribution in [3.63, 3.8) is 0 Å². The lowest BCUT2D eigenvalue weighted by atomic mass is 10.1. The predicted molar refractivity (Wildman–Crippen MR) is 119 cm³/mol. The summed E-state index contributed by atoms with van der Waals surface area (Å²) in [6.07, 6.45) is 1.55. The molecule has 0 aliphatic carbocycles. The average molecular weight is 481 g/mol. The Morgan fingerprint density at radius 1 is 1.00 bits per heavy atom. The van der Waals surface area contributed by atoms with Gasteiger partial charge in [0.25, 0.3) is 11.8 Å². The van der Waals surface area contributed by atoms with Gasteiger partial charge in [-0.25, -0.2) is 4.98 Å². The first kappa shape index (κ1) is 22.6. The van der Waals surface area contributed by atoms with E-state index in [-0.39, 0.29) is 32.1 Å². The van der Waals surface area contributed by atoms with Crippen molar-refractivity contribution >= 4 is 58.2 Å². The molecule has 31 heavy (non-hydrogen) atoms. The molecule has 0 unspecified atom stereocenters. The number of nitrogens with one attached hydrogen (secondary N) is 3. The molecule has 160 valence electrons. The highest BCUT2D eigenvalue weighted by Gasteiger charge is 2.24. The minimum Gasteiger partial charge on any atom is -0.320 e. The van der Waals surface area contributed by atoms with Crippen molar-refractivity contribution in [1.82, 2.24) is 20.4 Å². The molecule has 3 aromatic rings. The third-order valence-electron chi connectivity index (χ3n) is 4.14. The molecule has 3 N–H and O–H groups in total. The molecular weight excluding hydrogens is 465 g/mol. The molecule has 1 aromatic carbocycles. The minimum atomic E-state index is -0.666. The highest BCUT2D eigenvalue weighted by molar-refractivity contribution is 6.38. The summed E-state index contributed by atoms with van der Waals surface area (Å²) in [6.45, 7) is 2.91. The normalized spacial score (nSPS) is 10.5. The Kier molecular flexibility index (Phi) is 6.84. The summed E-state index contributed by atoms with van der Waals surface area (Å²) in [6, 6.07) is 9.50. The third-order valence-corrected chi connectivity index (χ3v) is 4.92. The number of pyridine rings is 1. The van der Waals surface area contributed by atoms with E-state index in [4.69, 9.17) is 34.8 Å². The van der Waals surface area contributed by atoms with Gasteiger partial charge in [-0.1, -0.05) is 40.9 Å². The minimum absolute atomic E-state index is 0.0351. The fraction of sp³-hybridized carbons (Fsp3) is 0.100. The fourth-order valence-electron chi connectivity index (χ4n) is 2.84. The molecule has 2 aromatic heterocycles. The lowest BCUT2D eigenvalue weighted by Gasteiger charge is -2.16. The zero-order valence-corrected chi connectivity index (χ0v) is 18.6. The van der Waals surface area contributed by atoms with Crippen molar-refractivity contribution in [2.45, 2.75) is 13.8 Å².